The van der Waals surface area contributed by atoms with E-state index in [1.165, 1.54) is 0 Å². The van der Waals surface area contributed by atoms with E-state index in [1.54, 1.807) is 7.11 Å². The Hall–Kier alpha value is -0.970. The van der Waals surface area contributed by atoms with Crippen LogP contribution in [-0.4, -0.2) is 32.0 Å². The fourth-order valence-corrected chi connectivity index (χ4v) is 2.31. The van der Waals surface area contributed by atoms with E-state index in [2.05, 4.69) is 12.2 Å². The van der Waals surface area contributed by atoms with Gasteiger partial charge in [0.2, 0.25) is 0 Å². The summed E-state index contributed by atoms with van der Waals surface area (Å²) in [6.45, 7) is 4.59. The number of ether oxygens (including phenoxy) is 2. The molecule has 0 fully saturated rings. The number of aliphatic hydroxyl groups is 1. The minimum atomic E-state index is 0.258. The third-order valence-electron chi connectivity index (χ3n) is 3.17. The first-order valence-corrected chi connectivity index (χ1v) is 7.91. The predicted octanol–water partition coefficient (Wildman–Crippen LogP) is 3.39. The van der Waals surface area contributed by atoms with Crippen molar-refractivity contribution < 1.29 is 14.6 Å². The summed E-state index contributed by atoms with van der Waals surface area (Å²) >= 11 is 6.29. The summed E-state index contributed by atoms with van der Waals surface area (Å²) in [5, 5.41) is 12.6. The molecule has 2 N–H and O–H groups in total. The highest BCUT2D eigenvalue weighted by Gasteiger charge is 2.11. The molecular weight excluding hydrogens is 290 g/mol. The fraction of sp³-hybridized carbons (Fsp3) is 0.625. The molecule has 0 radical (unpaired) electrons. The van der Waals surface area contributed by atoms with Crippen LogP contribution in [0.25, 0.3) is 0 Å². The van der Waals surface area contributed by atoms with E-state index >= 15 is 0 Å². The molecule has 1 rings (SSSR count). The molecule has 0 aliphatic carbocycles. The maximum Gasteiger partial charge on any atom is 0.179 e. The second-order valence-corrected chi connectivity index (χ2v) is 5.28. The second-order valence-electron chi connectivity index (χ2n) is 4.88. The molecule has 0 saturated heterocycles. The lowest BCUT2D eigenvalue weighted by Crippen LogP contribution is -2.12. The Balaban J connectivity index is 2.56. The van der Waals surface area contributed by atoms with Gasteiger partial charge in [-0.25, -0.2) is 0 Å². The van der Waals surface area contributed by atoms with Gasteiger partial charge in [-0.2, -0.15) is 0 Å². The molecule has 0 bridgehead atoms. The highest BCUT2D eigenvalue weighted by atomic mass is 35.5. The monoisotopic (exact) mass is 315 g/mol. The van der Waals surface area contributed by atoms with Crippen LogP contribution in [-0.2, 0) is 6.54 Å². The van der Waals surface area contributed by atoms with Gasteiger partial charge in [-0.3, -0.25) is 0 Å². The van der Waals surface area contributed by atoms with Crippen LogP contribution in [0.4, 0.5) is 0 Å². The minimum absolute atomic E-state index is 0.258. The van der Waals surface area contributed by atoms with Crippen molar-refractivity contribution in [1.82, 2.24) is 5.32 Å². The maximum atomic E-state index is 8.72. The molecule has 0 amide bonds. The smallest absolute Gasteiger partial charge is 0.179 e. The van der Waals surface area contributed by atoms with E-state index in [4.69, 9.17) is 26.2 Å². The van der Waals surface area contributed by atoms with Gasteiger partial charge in [-0.1, -0.05) is 24.9 Å². The number of aliphatic hydroxyl groups excluding tert-OH is 1. The van der Waals surface area contributed by atoms with Crippen molar-refractivity contribution in [3.8, 4) is 11.5 Å². The number of nitrogens with one attached hydrogen (secondary N) is 1. The van der Waals surface area contributed by atoms with Crippen LogP contribution >= 0.6 is 11.6 Å². The minimum Gasteiger partial charge on any atom is -0.493 e. The third kappa shape index (κ3) is 6.55. The molecule has 0 atom stereocenters. The number of hydrogen-bond acceptors (Lipinski definition) is 4. The number of halogens is 1. The van der Waals surface area contributed by atoms with Crippen LogP contribution in [0.5, 0.6) is 11.5 Å². The standard InChI is InChI=1S/C16H26ClNO3/c1-3-18-12-13-10-14(17)16(15(11-13)20-2)21-9-7-5-4-6-8-19/h10-11,18-19H,3-9,12H2,1-2H3. The zero-order valence-corrected chi connectivity index (χ0v) is 13.7. The largest absolute Gasteiger partial charge is 0.493 e. The highest BCUT2D eigenvalue weighted by Crippen LogP contribution is 2.36. The molecule has 0 spiro atoms. The van der Waals surface area contributed by atoms with Crippen molar-refractivity contribution in [2.45, 2.75) is 39.2 Å². The van der Waals surface area contributed by atoms with Gasteiger partial charge in [-0.15, -0.1) is 0 Å². The van der Waals surface area contributed by atoms with Gasteiger partial charge >= 0.3 is 0 Å². The van der Waals surface area contributed by atoms with Gasteiger partial charge in [-0.05, 0) is 43.5 Å². The third-order valence-corrected chi connectivity index (χ3v) is 3.45. The average molecular weight is 316 g/mol. The topological polar surface area (TPSA) is 50.7 Å². The molecule has 4 nitrogen and oxygen atoms in total. The lowest BCUT2D eigenvalue weighted by molar-refractivity contribution is 0.268. The van der Waals surface area contributed by atoms with Crippen molar-refractivity contribution in [1.29, 1.82) is 0 Å². The zero-order chi connectivity index (χ0) is 15.5. The molecule has 1 aromatic carbocycles. The molecule has 0 unspecified atom stereocenters. The zero-order valence-electron chi connectivity index (χ0n) is 13.0. The predicted molar refractivity (Wildman–Crippen MR) is 86.4 cm³/mol. The van der Waals surface area contributed by atoms with Crippen LogP contribution in [0.3, 0.4) is 0 Å². The van der Waals surface area contributed by atoms with E-state index in [1.807, 2.05) is 12.1 Å². The number of methoxy groups -OCH3 is 1. The van der Waals surface area contributed by atoms with E-state index in [0.717, 1.165) is 44.3 Å². The highest BCUT2D eigenvalue weighted by molar-refractivity contribution is 6.32. The lowest BCUT2D eigenvalue weighted by Gasteiger charge is -2.14. The summed E-state index contributed by atoms with van der Waals surface area (Å²) in [5.41, 5.74) is 1.08. The molecule has 5 heteroatoms. The van der Waals surface area contributed by atoms with Gasteiger partial charge in [0, 0.05) is 13.2 Å². The summed E-state index contributed by atoms with van der Waals surface area (Å²) in [7, 11) is 1.62. The number of hydrogen-bond donors (Lipinski definition) is 2. The molecule has 1 aromatic rings. The average Bonchev–Trinajstić information content (AvgIpc) is 2.49. The fourth-order valence-electron chi connectivity index (χ4n) is 2.03. The quantitative estimate of drug-likeness (QED) is 0.615. The van der Waals surface area contributed by atoms with Crippen LogP contribution in [0, 0.1) is 0 Å². The molecular formula is C16H26ClNO3. The molecule has 120 valence electrons. The van der Waals surface area contributed by atoms with Crippen LogP contribution in [0.15, 0.2) is 12.1 Å². The number of rotatable bonds is 11. The van der Waals surface area contributed by atoms with Crippen molar-refractivity contribution in [3.05, 3.63) is 22.7 Å². The van der Waals surface area contributed by atoms with Gasteiger partial charge in [0.15, 0.2) is 11.5 Å². The Morgan fingerprint density at radius 2 is 1.95 bits per heavy atom. The van der Waals surface area contributed by atoms with Gasteiger partial charge in [0.1, 0.15) is 0 Å². The van der Waals surface area contributed by atoms with Crippen molar-refractivity contribution in [2.24, 2.45) is 0 Å². The summed E-state index contributed by atoms with van der Waals surface area (Å²) in [6, 6.07) is 3.86. The summed E-state index contributed by atoms with van der Waals surface area (Å²) in [4.78, 5) is 0. The van der Waals surface area contributed by atoms with Crippen molar-refractivity contribution in [3.63, 3.8) is 0 Å². The number of benzene rings is 1. The first kappa shape index (κ1) is 18.1. The van der Waals surface area contributed by atoms with E-state index in [-0.39, 0.29) is 6.61 Å². The van der Waals surface area contributed by atoms with Crippen LogP contribution < -0.4 is 14.8 Å². The lowest BCUT2D eigenvalue weighted by atomic mass is 10.2. The van der Waals surface area contributed by atoms with Crippen LogP contribution in [0.2, 0.25) is 5.02 Å². The summed E-state index contributed by atoms with van der Waals surface area (Å²) in [6.07, 6.45) is 3.85. The van der Waals surface area contributed by atoms with Crippen LogP contribution in [0.1, 0.15) is 38.2 Å². The van der Waals surface area contributed by atoms with E-state index in [0.29, 0.717) is 23.1 Å². The normalized spacial score (nSPS) is 10.7. The Bertz CT molecular complexity index is 413. The molecule has 0 aliphatic rings. The molecule has 0 heterocycles. The van der Waals surface area contributed by atoms with Gasteiger partial charge < -0.3 is 19.9 Å². The Morgan fingerprint density at radius 1 is 1.19 bits per heavy atom. The van der Waals surface area contributed by atoms with E-state index < -0.39 is 0 Å². The van der Waals surface area contributed by atoms with Crippen molar-refractivity contribution in [2.75, 3.05) is 26.9 Å². The Labute approximate surface area is 132 Å². The second kappa shape index (κ2) is 10.7. The van der Waals surface area contributed by atoms with E-state index in [9.17, 15) is 0 Å². The molecule has 0 aliphatic heterocycles. The number of unbranched alkanes of at least 4 members (excludes halogenated alkanes) is 3. The van der Waals surface area contributed by atoms with Crippen molar-refractivity contribution >= 4 is 11.6 Å². The van der Waals surface area contributed by atoms with Gasteiger partial charge in [0.05, 0.1) is 18.7 Å². The SMILES string of the molecule is CCNCc1cc(Cl)c(OCCCCCCO)c(OC)c1. The van der Waals surface area contributed by atoms with Gasteiger partial charge in [0.25, 0.3) is 0 Å². The maximum absolute atomic E-state index is 8.72. The molecule has 21 heavy (non-hydrogen) atoms. The summed E-state index contributed by atoms with van der Waals surface area (Å²) in [5.74, 6) is 1.28. The Kier molecular flexibility index (Phi) is 9.22. The summed E-state index contributed by atoms with van der Waals surface area (Å²) < 4.78 is 11.1. The Morgan fingerprint density at radius 3 is 2.62 bits per heavy atom. The first-order valence-electron chi connectivity index (χ1n) is 7.53. The molecule has 0 aromatic heterocycles. The first-order chi connectivity index (χ1) is 10.2. The molecule has 0 saturated carbocycles.